The molecule has 0 bridgehead atoms. The summed E-state index contributed by atoms with van der Waals surface area (Å²) in [6, 6.07) is 5.10. The molecular formula is C15H21ClFN3. The fourth-order valence-corrected chi connectivity index (χ4v) is 2.62. The summed E-state index contributed by atoms with van der Waals surface area (Å²) in [4.78, 5) is 6.70. The average molecular weight is 298 g/mol. The zero-order chi connectivity index (χ0) is 14.7. The molecule has 2 aromatic rings. The van der Waals surface area contributed by atoms with Gasteiger partial charge < -0.3 is 9.47 Å². The molecule has 0 spiro atoms. The van der Waals surface area contributed by atoms with Crippen molar-refractivity contribution in [3.05, 3.63) is 29.8 Å². The predicted molar refractivity (Wildman–Crippen MR) is 82.0 cm³/mol. The quantitative estimate of drug-likeness (QED) is 0.761. The van der Waals surface area contributed by atoms with E-state index in [4.69, 9.17) is 11.6 Å². The van der Waals surface area contributed by atoms with Gasteiger partial charge in [-0.05, 0) is 46.1 Å². The van der Waals surface area contributed by atoms with Crippen molar-refractivity contribution in [3.63, 3.8) is 0 Å². The Morgan fingerprint density at radius 1 is 1.40 bits per heavy atom. The van der Waals surface area contributed by atoms with Gasteiger partial charge in [-0.2, -0.15) is 0 Å². The molecule has 0 aliphatic carbocycles. The maximum Gasteiger partial charge on any atom is 0.125 e. The summed E-state index contributed by atoms with van der Waals surface area (Å²) in [5.41, 5.74) is 1.69. The van der Waals surface area contributed by atoms with Gasteiger partial charge in [-0.15, -0.1) is 11.6 Å². The molecule has 1 atom stereocenters. The number of benzene rings is 1. The van der Waals surface area contributed by atoms with E-state index in [0.29, 0.717) is 23.9 Å². The van der Waals surface area contributed by atoms with Gasteiger partial charge in [0.05, 0.1) is 11.0 Å². The summed E-state index contributed by atoms with van der Waals surface area (Å²) >= 11 is 5.86. The molecule has 0 aliphatic rings. The second-order valence-electron chi connectivity index (χ2n) is 5.41. The Labute approximate surface area is 124 Å². The number of halogens is 2. The third-order valence-electron chi connectivity index (χ3n) is 3.48. The van der Waals surface area contributed by atoms with Gasteiger partial charge in [-0.1, -0.05) is 0 Å². The Balaban J connectivity index is 2.39. The van der Waals surface area contributed by atoms with Gasteiger partial charge in [0, 0.05) is 24.4 Å². The smallest absolute Gasteiger partial charge is 0.125 e. The van der Waals surface area contributed by atoms with Crippen molar-refractivity contribution in [2.24, 2.45) is 0 Å². The molecule has 1 unspecified atom stereocenters. The normalized spacial score (nSPS) is 13.3. The molecular weight excluding hydrogens is 277 g/mol. The van der Waals surface area contributed by atoms with Crippen molar-refractivity contribution in [2.75, 3.05) is 26.5 Å². The minimum absolute atomic E-state index is 0.250. The highest BCUT2D eigenvalue weighted by Gasteiger charge is 2.16. The largest absolute Gasteiger partial charge is 0.325 e. The van der Waals surface area contributed by atoms with Crippen LogP contribution in [0.1, 0.15) is 25.2 Å². The van der Waals surface area contributed by atoms with Gasteiger partial charge >= 0.3 is 0 Å². The molecule has 3 nitrogen and oxygen atoms in total. The first-order valence-electron chi connectivity index (χ1n) is 6.90. The van der Waals surface area contributed by atoms with Crippen LogP contribution in [0, 0.1) is 5.82 Å². The van der Waals surface area contributed by atoms with Crippen LogP contribution in [0.25, 0.3) is 11.0 Å². The number of alkyl halides is 1. The Morgan fingerprint density at radius 3 is 2.80 bits per heavy atom. The molecule has 0 radical (unpaired) electrons. The fourth-order valence-electron chi connectivity index (χ4n) is 2.45. The summed E-state index contributed by atoms with van der Waals surface area (Å²) in [5.74, 6) is 1.21. The standard InChI is InChI=1S/C15H21ClFN3/c1-11(7-9-19(2)3)20-14-5-4-12(17)10-13(14)18-15(20)6-8-16/h4-5,10-11H,6-9H2,1-3H3. The molecule has 0 aliphatic heterocycles. The van der Waals surface area contributed by atoms with Gasteiger partial charge in [-0.3, -0.25) is 0 Å². The van der Waals surface area contributed by atoms with E-state index in [1.807, 2.05) is 6.07 Å². The molecule has 20 heavy (non-hydrogen) atoms. The second kappa shape index (κ2) is 6.55. The van der Waals surface area contributed by atoms with Crippen LogP contribution in [0.2, 0.25) is 0 Å². The number of hydrogen-bond acceptors (Lipinski definition) is 2. The Kier molecular flexibility index (Phi) is 5.00. The van der Waals surface area contributed by atoms with Crippen LogP contribution in [-0.4, -0.2) is 41.0 Å². The maximum absolute atomic E-state index is 13.3. The topological polar surface area (TPSA) is 21.1 Å². The van der Waals surface area contributed by atoms with Crippen LogP contribution in [0.4, 0.5) is 4.39 Å². The number of aryl methyl sites for hydroxylation is 1. The number of nitrogens with zero attached hydrogens (tertiary/aromatic N) is 3. The highest BCUT2D eigenvalue weighted by molar-refractivity contribution is 6.17. The predicted octanol–water partition coefficient (Wildman–Crippen LogP) is 3.47. The highest BCUT2D eigenvalue weighted by Crippen LogP contribution is 2.24. The molecule has 2 rings (SSSR count). The zero-order valence-electron chi connectivity index (χ0n) is 12.2. The van der Waals surface area contributed by atoms with Crippen molar-refractivity contribution in [3.8, 4) is 0 Å². The number of aromatic nitrogens is 2. The monoisotopic (exact) mass is 297 g/mol. The van der Waals surface area contributed by atoms with Crippen LogP contribution in [-0.2, 0) is 6.42 Å². The molecule has 0 amide bonds. The minimum atomic E-state index is -0.250. The first-order valence-corrected chi connectivity index (χ1v) is 7.43. The lowest BCUT2D eigenvalue weighted by Gasteiger charge is -2.19. The van der Waals surface area contributed by atoms with E-state index >= 15 is 0 Å². The van der Waals surface area contributed by atoms with Gasteiger partial charge in [0.25, 0.3) is 0 Å². The molecule has 0 saturated heterocycles. The molecule has 0 N–H and O–H groups in total. The highest BCUT2D eigenvalue weighted by atomic mass is 35.5. The first kappa shape index (κ1) is 15.3. The molecule has 1 aromatic heterocycles. The maximum atomic E-state index is 13.3. The molecule has 110 valence electrons. The van der Waals surface area contributed by atoms with Crippen molar-refractivity contribution in [1.82, 2.24) is 14.5 Å². The molecule has 1 aromatic carbocycles. The SMILES string of the molecule is CC(CCN(C)C)n1c(CCCl)nc2cc(F)ccc21. The first-order chi connectivity index (χ1) is 9.52. The van der Waals surface area contributed by atoms with Gasteiger partial charge in [0.15, 0.2) is 0 Å². The van der Waals surface area contributed by atoms with E-state index in [-0.39, 0.29) is 5.82 Å². The summed E-state index contributed by atoms with van der Waals surface area (Å²) < 4.78 is 15.5. The van der Waals surface area contributed by atoms with Crippen LogP contribution < -0.4 is 0 Å². The van der Waals surface area contributed by atoms with Crippen molar-refractivity contribution in [1.29, 1.82) is 0 Å². The van der Waals surface area contributed by atoms with Gasteiger partial charge in [-0.25, -0.2) is 9.37 Å². The third-order valence-corrected chi connectivity index (χ3v) is 3.67. The van der Waals surface area contributed by atoms with E-state index in [9.17, 15) is 4.39 Å². The second-order valence-corrected chi connectivity index (χ2v) is 5.79. The van der Waals surface area contributed by atoms with Crippen molar-refractivity contribution < 1.29 is 4.39 Å². The fraction of sp³-hybridized carbons (Fsp3) is 0.533. The lowest BCUT2D eigenvalue weighted by atomic mass is 10.2. The molecule has 1 heterocycles. The van der Waals surface area contributed by atoms with Crippen molar-refractivity contribution in [2.45, 2.75) is 25.8 Å². The zero-order valence-corrected chi connectivity index (χ0v) is 13.0. The average Bonchev–Trinajstić information content (AvgIpc) is 2.73. The number of rotatable bonds is 6. The Morgan fingerprint density at radius 2 is 2.15 bits per heavy atom. The number of imidazole rings is 1. The Bertz CT molecular complexity index is 580. The van der Waals surface area contributed by atoms with E-state index in [2.05, 4.69) is 35.5 Å². The van der Waals surface area contributed by atoms with Crippen LogP contribution in [0.5, 0.6) is 0 Å². The number of hydrogen-bond donors (Lipinski definition) is 0. The summed E-state index contributed by atoms with van der Waals surface area (Å²) in [6.45, 7) is 3.17. The van der Waals surface area contributed by atoms with E-state index in [1.54, 1.807) is 0 Å². The lowest BCUT2D eigenvalue weighted by Crippen LogP contribution is -2.18. The van der Waals surface area contributed by atoms with E-state index in [1.165, 1.54) is 12.1 Å². The van der Waals surface area contributed by atoms with Gasteiger partial charge in [0.2, 0.25) is 0 Å². The Hall–Kier alpha value is -1.13. The van der Waals surface area contributed by atoms with E-state index in [0.717, 1.165) is 24.3 Å². The summed E-state index contributed by atoms with van der Waals surface area (Å²) in [6.07, 6.45) is 1.72. The van der Waals surface area contributed by atoms with Crippen LogP contribution in [0.15, 0.2) is 18.2 Å². The van der Waals surface area contributed by atoms with Crippen molar-refractivity contribution >= 4 is 22.6 Å². The van der Waals surface area contributed by atoms with E-state index < -0.39 is 0 Å². The molecule has 5 heteroatoms. The lowest BCUT2D eigenvalue weighted by molar-refractivity contribution is 0.357. The van der Waals surface area contributed by atoms with Crippen LogP contribution in [0.3, 0.4) is 0 Å². The number of fused-ring (bicyclic) bond motifs is 1. The van der Waals surface area contributed by atoms with Crippen LogP contribution >= 0.6 is 11.6 Å². The minimum Gasteiger partial charge on any atom is -0.325 e. The van der Waals surface area contributed by atoms with Gasteiger partial charge in [0.1, 0.15) is 11.6 Å². The molecule has 0 fully saturated rings. The third kappa shape index (κ3) is 3.30. The molecule has 0 saturated carbocycles. The summed E-state index contributed by atoms with van der Waals surface area (Å²) in [5, 5.41) is 0. The summed E-state index contributed by atoms with van der Waals surface area (Å²) in [7, 11) is 4.13.